The highest BCUT2D eigenvalue weighted by Gasteiger charge is 2.25. The fraction of sp³-hybridized carbons (Fsp3) is 0.923. The van der Waals surface area contributed by atoms with E-state index in [1.165, 1.54) is 0 Å². The van der Waals surface area contributed by atoms with Crippen LogP contribution in [0.1, 0.15) is 32.6 Å². The fourth-order valence-electron chi connectivity index (χ4n) is 2.86. The third kappa shape index (κ3) is 5.86. The van der Waals surface area contributed by atoms with Gasteiger partial charge in [-0.15, -0.1) is 24.8 Å². The third-order valence-electron chi connectivity index (χ3n) is 4.21. The number of carbonyl (C=O) groups excluding carboxylic acids is 1. The Labute approximate surface area is 128 Å². The minimum absolute atomic E-state index is 0. The zero-order valence-electron chi connectivity index (χ0n) is 11.9. The summed E-state index contributed by atoms with van der Waals surface area (Å²) >= 11 is 0. The van der Waals surface area contributed by atoms with Gasteiger partial charge in [0.05, 0.1) is 0 Å². The number of carbonyl (C=O) groups is 1. The second-order valence-electron chi connectivity index (χ2n) is 5.68. The molecule has 0 saturated carbocycles. The Bertz CT molecular complexity index is 273. The molecule has 0 aliphatic carbocycles. The number of likely N-dealkylation sites (tertiary alicyclic amines) is 1. The van der Waals surface area contributed by atoms with Crippen LogP contribution in [-0.2, 0) is 4.79 Å². The molecule has 6 heteroatoms. The van der Waals surface area contributed by atoms with Crippen molar-refractivity contribution in [1.82, 2.24) is 15.5 Å². The van der Waals surface area contributed by atoms with E-state index in [4.69, 9.17) is 0 Å². The molecule has 2 heterocycles. The highest BCUT2D eigenvalue weighted by atomic mass is 35.5. The molecule has 114 valence electrons. The van der Waals surface area contributed by atoms with Gasteiger partial charge in [-0.2, -0.15) is 0 Å². The van der Waals surface area contributed by atoms with E-state index in [0.29, 0.717) is 24.4 Å². The normalized spacial score (nSPS) is 31.2. The second kappa shape index (κ2) is 9.01. The Morgan fingerprint density at radius 1 is 1.37 bits per heavy atom. The van der Waals surface area contributed by atoms with Gasteiger partial charge >= 0.3 is 0 Å². The Morgan fingerprint density at radius 2 is 2.11 bits per heavy atom. The number of nitrogens with zero attached hydrogens (tertiary/aromatic N) is 1. The van der Waals surface area contributed by atoms with Gasteiger partial charge < -0.3 is 15.5 Å². The summed E-state index contributed by atoms with van der Waals surface area (Å²) in [5.41, 5.74) is 0. The lowest BCUT2D eigenvalue weighted by Crippen LogP contribution is -2.47. The lowest BCUT2D eigenvalue weighted by atomic mass is 9.98. The summed E-state index contributed by atoms with van der Waals surface area (Å²) in [6.45, 7) is 5.41. The monoisotopic (exact) mass is 311 g/mol. The summed E-state index contributed by atoms with van der Waals surface area (Å²) in [5.74, 6) is 0.805. The zero-order chi connectivity index (χ0) is 12.3. The average molecular weight is 312 g/mol. The number of halogens is 2. The van der Waals surface area contributed by atoms with E-state index in [0.717, 1.165) is 38.9 Å². The maximum absolute atomic E-state index is 11.9. The summed E-state index contributed by atoms with van der Waals surface area (Å²) in [4.78, 5) is 14.3. The smallest absolute Gasteiger partial charge is 0.220 e. The quantitative estimate of drug-likeness (QED) is 0.829. The number of nitrogens with one attached hydrogen (secondary N) is 2. The standard InChI is InChI=1S/C13H25N3O.2ClH/c1-10-7-12(4-6-16(10)2)15-13(17)8-11-3-5-14-9-11;;/h10-12,14H,3-9H2,1-2H3,(H,15,17);2*1H. The van der Waals surface area contributed by atoms with Gasteiger partial charge in [0, 0.05) is 25.0 Å². The van der Waals surface area contributed by atoms with Crippen molar-refractivity contribution in [2.75, 3.05) is 26.7 Å². The highest BCUT2D eigenvalue weighted by Crippen LogP contribution is 2.17. The van der Waals surface area contributed by atoms with Gasteiger partial charge in [0.15, 0.2) is 0 Å². The van der Waals surface area contributed by atoms with Crippen molar-refractivity contribution in [3.05, 3.63) is 0 Å². The third-order valence-corrected chi connectivity index (χ3v) is 4.21. The molecule has 0 bridgehead atoms. The van der Waals surface area contributed by atoms with Gasteiger partial charge in [0.1, 0.15) is 0 Å². The molecule has 4 nitrogen and oxygen atoms in total. The van der Waals surface area contributed by atoms with Crippen LogP contribution in [0.3, 0.4) is 0 Å². The largest absolute Gasteiger partial charge is 0.353 e. The molecule has 0 aromatic heterocycles. The van der Waals surface area contributed by atoms with E-state index < -0.39 is 0 Å². The molecule has 1 amide bonds. The van der Waals surface area contributed by atoms with E-state index in [1.807, 2.05) is 0 Å². The molecule has 2 saturated heterocycles. The highest BCUT2D eigenvalue weighted by molar-refractivity contribution is 5.85. The number of piperidine rings is 1. The molecule has 3 atom stereocenters. The van der Waals surface area contributed by atoms with Crippen molar-refractivity contribution >= 4 is 30.7 Å². The molecular weight excluding hydrogens is 285 g/mol. The summed E-state index contributed by atoms with van der Waals surface area (Å²) in [7, 11) is 2.16. The molecule has 2 rings (SSSR count). The van der Waals surface area contributed by atoms with Crippen LogP contribution in [0, 0.1) is 5.92 Å². The summed E-state index contributed by atoms with van der Waals surface area (Å²) < 4.78 is 0. The molecule has 2 aliphatic heterocycles. The summed E-state index contributed by atoms with van der Waals surface area (Å²) in [5, 5.41) is 6.51. The number of amides is 1. The molecule has 0 aromatic rings. The van der Waals surface area contributed by atoms with Crippen LogP contribution in [0.4, 0.5) is 0 Å². The van der Waals surface area contributed by atoms with Gasteiger partial charge in [-0.3, -0.25) is 4.79 Å². The van der Waals surface area contributed by atoms with E-state index in [-0.39, 0.29) is 30.7 Å². The minimum atomic E-state index is 0. The summed E-state index contributed by atoms with van der Waals surface area (Å²) in [6, 6.07) is 0.977. The Kier molecular flexibility index (Phi) is 8.99. The summed E-state index contributed by atoms with van der Waals surface area (Å²) in [6.07, 6.45) is 4.03. The van der Waals surface area contributed by atoms with Gasteiger partial charge in [0.2, 0.25) is 5.91 Å². The van der Waals surface area contributed by atoms with Crippen molar-refractivity contribution in [2.45, 2.75) is 44.7 Å². The fourth-order valence-corrected chi connectivity index (χ4v) is 2.86. The van der Waals surface area contributed by atoms with E-state index >= 15 is 0 Å². The van der Waals surface area contributed by atoms with Crippen LogP contribution >= 0.6 is 24.8 Å². The SMILES string of the molecule is CC1CC(NC(=O)CC2CCNC2)CCN1C.Cl.Cl. The topological polar surface area (TPSA) is 44.4 Å². The molecular formula is C13H27Cl2N3O. The molecule has 2 N–H and O–H groups in total. The van der Waals surface area contributed by atoms with Gasteiger partial charge in [-0.1, -0.05) is 0 Å². The Balaban J connectivity index is 0.00000162. The molecule has 0 spiro atoms. The van der Waals surface area contributed by atoms with E-state index in [2.05, 4.69) is 29.5 Å². The van der Waals surface area contributed by atoms with Gasteiger partial charge in [-0.25, -0.2) is 0 Å². The predicted octanol–water partition coefficient (Wildman–Crippen LogP) is 1.43. The first-order valence-electron chi connectivity index (χ1n) is 6.85. The Hall–Kier alpha value is -0.0300. The van der Waals surface area contributed by atoms with Crippen molar-refractivity contribution in [3.63, 3.8) is 0 Å². The molecule has 3 unspecified atom stereocenters. The van der Waals surface area contributed by atoms with E-state index in [1.54, 1.807) is 0 Å². The predicted molar refractivity (Wildman–Crippen MR) is 83.3 cm³/mol. The Morgan fingerprint density at radius 3 is 2.68 bits per heavy atom. The first-order chi connectivity index (χ1) is 8.15. The molecule has 2 aliphatic rings. The van der Waals surface area contributed by atoms with Crippen LogP contribution in [0.2, 0.25) is 0 Å². The number of hydrogen-bond donors (Lipinski definition) is 2. The number of hydrogen-bond acceptors (Lipinski definition) is 3. The van der Waals surface area contributed by atoms with E-state index in [9.17, 15) is 4.79 Å². The van der Waals surface area contributed by atoms with Gasteiger partial charge in [-0.05, 0) is 52.2 Å². The molecule has 0 aromatic carbocycles. The average Bonchev–Trinajstić information content (AvgIpc) is 2.76. The second-order valence-corrected chi connectivity index (χ2v) is 5.68. The number of rotatable bonds is 3. The van der Waals surface area contributed by atoms with Crippen LogP contribution in [0.25, 0.3) is 0 Å². The van der Waals surface area contributed by atoms with Crippen LogP contribution < -0.4 is 10.6 Å². The molecule has 2 fully saturated rings. The first kappa shape index (κ1) is 19.0. The van der Waals surface area contributed by atoms with Crippen molar-refractivity contribution in [2.24, 2.45) is 5.92 Å². The van der Waals surface area contributed by atoms with Crippen LogP contribution in [-0.4, -0.2) is 49.6 Å². The first-order valence-corrected chi connectivity index (χ1v) is 6.85. The van der Waals surface area contributed by atoms with Crippen molar-refractivity contribution in [3.8, 4) is 0 Å². The van der Waals surface area contributed by atoms with Gasteiger partial charge in [0.25, 0.3) is 0 Å². The lowest BCUT2D eigenvalue weighted by molar-refractivity contribution is -0.123. The zero-order valence-corrected chi connectivity index (χ0v) is 13.5. The van der Waals surface area contributed by atoms with Crippen molar-refractivity contribution < 1.29 is 4.79 Å². The maximum atomic E-state index is 11.9. The minimum Gasteiger partial charge on any atom is -0.353 e. The van der Waals surface area contributed by atoms with Crippen molar-refractivity contribution in [1.29, 1.82) is 0 Å². The maximum Gasteiger partial charge on any atom is 0.220 e. The van der Waals surface area contributed by atoms with Crippen LogP contribution in [0.5, 0.6) is 0 Å². The lowest BCUT2D eigenvalue weighted by Gasteiger charge is -2.35. The van der Waals surface area contributed by atoms with Crippen LogP contribution in [0.15, 0.2) is 0 Å². The molecule has 0 radical (unpaired) electrons. The molecule has 19 heavy (non-hydrogen) atoms.